The molecule has 7 nitrogen and oxygen atoms in total. The zero-order valence-electron chi connectivity index (χ0n) is 13.1. The number of carbonyl (C=O) groups is 2. The van der Waals surface area contributed by atoms with Crippen molar-refractivity contribution >= 4 is 11.8 Å². The lowest BCUT2D eigenvalue weighted by atomic mass is 10.2. The quantitative estimate of drug-likeness (QED) is 0.883. The SMILES string of the molecule is NC(=O)[C@@H]1CCCN1C(=O)c1cc(COc2ccc(F)cc2F)on1. The van der Waals surface area contributed by atoms with E-state index in [9.17, 15) is 18.4 Å². The van der Waals surface area contributed by atoms with Crippen molar-refractivity contribution in [3.8, 4) is 5.75 Å². The summed E-state index contributed by atoms with van der Waals surface area (Å²) in [5, 5.41) is 3.65. The Balaban J connectivity index is 1.66. The van der Waals surface area contributed by atoms with Crippen molar-refractivity contribution in [1.29, 1.82) is 0 Å². The maximum Gasteiger partial charge on any atom is 0.276 e. The molecular weight excluding hydrogens is 336 g/mol. The van der Waals surface area contributed by atoms with Gasteiger partial charge in [-0.2, -0.15) is 0 Å². The molecule has 0 unspecified atom stereocenters. The Morgan fingerprint density at radius 1 is 1.36 bits per heavy atom. The molecule has 0 saturated carbocycles. The average Bonchev–Trinajstić information content (AvgIpc) is 3.23. The summed E-state index contributed by atoms with van der Waals surface area (Å²) in [7, 11) is 0. The molecule has 3 rings (SSSR count). The van der Waals surface area contributed by atoms with E-state index < -0.39 is 29.5 Å². The third kappa shape index (κ3) is 3.59. The van der Waals surface area contributed by atoms with Gasteiger partial charge in [0.25, 0.3) is 5.91 Å². The van der Waals surface area contributed by atoms with Crippen LogP contribution in [0.4, 0.5) is 8.78 Å². The summed E-state index contributed by atoms with van der Waals surface area (Å²) in [6.45, 7) is 0.216. The number of rotatable bonds is 5. The summed E-state index contributed by atoms with van der Waals surface area (Å²) in [6, 6.07) is 3.60. The number of aromatic nitrogens is 1. The van der Waals surface area contributed by atoms with Crippen LogP contribution in [0.3, 0.4) is 0 Å². The van der Waals surface area contributed by atoms with E-state index in [1.165, 1.54) is 11.0 Å². The number of hydrogen-bond donors (Lipinski definition) is 1. The Kier molecular flexibility index (Phi) is 4.64. The molecule has 132 valence electrons. The lowest BCUT2D eigenvalue weighted by molar-refractivity contribution is -0.121. The van der Waals surface area contributed by atoms with Crippen molar-refractivity contribution < 1.29 is 27.6 Å². The molecule has 2 aromatic rings. The molecule has 1 aromatic carbocycles. The van der Waals surface area contributed by atoms with E-state index in [0.29, 0.717) is 25.5 Å². The van der Waals surface area contributed by atoms with E-state index in [1.807, 2.05) is 0 Å². The number of likely N-dealkylation sites (tertiary alicyclic amines) is 1. The summed E-state index contributed by atoms with van der Waals surface area (Å²) in [5.74, 6) is -2.57. The molecule has 2 amide bonds. The first-order valence-electron chi connectivity index (χ1n) is 7.59. The molecule has 1 aromatic heterocycles. The van der Waals surface area contributed by atoms with Gasteiger partial charge >= 0.3 is 0 Å². The fraction of sp³-hybridized carbons (Fsp3) is 0.312. The summed E-state index contributed by atoms with van der Waals surface area (Å²) < 4.78 is 36.5. The second kappa shape index (κ2) is 6.88. The van der Waals surface area contributed by atoms with E-state index in [-0.39, 0.29) is 23.8 Å². The minimum absolute atomic E-state index is 0.00586. The molecule has 2 N–H and O–H groups in total. The molecule has 1 saturated heterocycles. The number of carbonyl (C=O) groups excluding carboxylic acids is 2. The Hall–Kier alpha value is -2.97. The molecule has 1 aliphatic rings. The molecule has 0 radical (unpaired) electrons. The summed E-state index contributed by atoms with van der Waals surface area (Å²) >= 11 is 0. The third-order valence-electron chi connectivity index (χ3n) is 3.88. The normalized spacial score (nSPS) is 16.9. The summed E-state index contributed by atoms with van der Waals surface area (Å²) in [4.78, 5) is 25.1. The molecule has 9 heteroatoms. The van der Waals surface area contributed by atoms with E-state index in [2.05, 4.69) is 5.16 Å². The lowest BCUT2D eigenvalue weighted by Crippen LogP contribution is -2.43. The predicted molar refractivity (Wildman–Crippen MR) is 80.4 cm³/mol. The maximum absolute atomic E-state index is 13.5. The number of primary amides is 1. The topological polar surface area (TPSA) is 98.7 Å². The minimum atomic E-state index is -0.850. The van der Waals surface area contributed by atoms with Crippen LogP contribution in [0.5, 0.6) is 5.75 Å². The van der Waals surface area contributed by atoms with Gasteiger partial charge in [-0.3, -0.25) is 9.59 Å². The number of hydrogen-bond acceptors (Lipinski definition) is 5. The van der Waals surface area contributed by atoms with Crippen molar-refractivity contribution in [2.45, 2.75) is 25.5 Å². The van der Waals surface area contributed by atoms with Crippen LogP contribution in [-0.2, 0) is 11.4 Å². The van der Waals surface area contributed by atoms with Gasteiger partial charge in [0.05, 0.1) is 0 Å². The minimum Gasteiger partial charge on any atom is -0.482 e. The number of halogens is 2. The Bertz CT molecular complexity index is 808. The highest BCUT2D eigenvalue weighted by molar-refractivity contribution is 5.96. The zero-order valence-corrected chi connectivity index (χ0v) is 13.1. The first-order chi connectivity index (χ1) is 12.0. The van der Waals surface area contributed by atoms with Crippen LogP contribution < -0.4 is 10.5 Å². The van der Waals surface area contributed by atoms with Crippen LogP contribution in [-0.4, -0.2) is 34.5 Å². The van der Waals surface area contributed by atoms with E-state index in [0.717, 1.165) is 12.1 Å². The van der Waals surface area contributed by atoms with Gasteiger partial charge in [0.15, 0.2) is 23.0 Å². The van der Waals surface area contributed by atoms with Crippen LogP contribution in [0.1, 0.15) is 29.1 Å². The second-order valence-corrected chi connectivity index (χ2v) is 5.60. The number of benzene rings is 1. The van der Waals surface area contributed by atoms with E-state index >= 15 is 0 Å². The molecule has 1 aliphatic heterocycles. The fourth-order valence-electron chi connectivity index (χ4n) is 2.68. The fourth-order valence-corrected chi connectivity index (χ4v) is 2.68. The molecule has 0 aliphatic carbocycles. The molecule has 0 spiro atoms. The Morgan fingerprint density at radius 2 is 2.16 bits per heavy atom. The standard InChI is InChI=1S/C16H15F2N3O4/c17-9-3-4-14(11(18)6-9)24-8-10-7-12(20-25-10)16(23)21-5-1-2-13(21)15(19)22/h3-4,6-7,13H,1-2,5,8H2,(H2,19,22)/t13-/m0/s1. The van der Waals surface area contributed by atoms with Crippen molar-refractivity contribution in [2.75, 3.05) is 6.54 Å². The van der Waals surface area contributed by atoms with Gasteiger partial charge in [-0.1, -0.05) is 5.16 Å². The Morgan fingerprint density at radius 3 is 2.88 bits per heavy atom. The van der Waals surface area contributed by atoms with Gasteiger partial charge in [-0.25, -0.2) is 8.78 Å². The Labute approximate surface area is 141 Å². The number of nitrogens with two attached hydrogens (primary N) is 1. The highest BCUT2D eigenvalue weighted by Gasteiger charge is 2.34. The van der Waals surface area contributed by atoms with Crippen molar-refractivity contribution in [3.05, 3.63) is 47.4 Å². The van der Waals surface area contributed by atoms with E-state index in [4.69, 9.17) is 15.0 Å². The first kappa shape index (κ1) is 16.9. The maximum atomic E-state index is 13.5. The van der Waals surface area contributed by atoms with Gasteiger partial charge < -0.3 is 19.9 Å². The van der Waals surface area contributed by atoms with Crippen LogP contribution in [0.15, 0.2) is 28.8 Å². The second-order valence-electron chi connectivity index (χ2n) is 5.60. The van der Waals surface area contributed by atoms with Crippen molar-refractivity contribution in [1.82, 2.24) is 10.1 Å². The predicted octanol–water partition coefficient (Wildman–Crippen LogP) is 1.62. The monoisotopic (exact) mass is 351 g/mol. The summed E-state index contributed by atoms with van der Waals surface area (Å²) in [5.41, 5.74) is 5.29. The molecule has 1 atom stereocenters. The largest absolute Gasteiger partial charge is 0.482 e. The molecule has 0 bridgehead atoms. The van der Waals surface area contributed by atoms with Gasteiger partial charge in [0, 0.05) is 18.7 Å². The zero-order chi connectivity index (χ0) is 18.0. The summed E-state index contributed by atoms with van der Waals surface area (Å²) in [6.07, 6.45) is 1.19. The van der Waals surface area contributed by atoms with Crippen LogP contribution in [0.25, 0.3) is 0 Å². The molecule has 1 fully saturated rings. The van der Waals surface area contributed by atoms with Gasteiger partial charge in [0.2, 0.25) is 5.91 Å². The van der Waals surface area contributed by atoms with Gasteiger partial charge in [-0.15, -0.1) is 0 Å². The van der Waals surface area contributed by atoms with Gasteiger partial charge in [-0.05, 0) is 25.0 Å². The van der Waals surface area contributed by atoms with Crippen LogP contribution >= 0.6 is 0 Å². The highest BCUT2D eigenvalue weighted by Crippen LogP contribution is 2.21. The average molecular weight is 351 g/mol. The first-order valence-corrected chi connectivity index (χ1v) is 7.59. The van der Waals surface area contributed by atoms with E-state index in [1.54, 1.807) is 0 Å². The molecule has 2 heterocycles. The van der Waals surface area contributed by atoms with Gasteiger partial charge in [0.1, 0.15) is 18.5 Å². The molecular formula is C16H15F2N3O4. The number of ether oxygens (including phenoxy) is 1. The number of nitrogens with zero attached hydrogens (tertiary/aromatic N) is 2. The third-order valence-corrected chi connectivity index (χ3v) is 3.88. The smallest absolute Gasteiger partial charge is 0.276 e. The van der Waals surface area contributed by atoms with Crippen LogP contribution in [0, 0.1) is 11.6 Å². The highest BCUT2D eigenvalue weighted by atomic mass is 19.1. The van der Waals surface area contributed by atoms with Crippen molar-refractivity contribution in [3.63, 3.8) is 0 Å². The van der Waals surface area contributed by atoms with Crippen LogP contribution in [0.2, 0.25) is 0 Å². The van der Waals surface area contributed by atoms with Crippen molar-refractivity contribution in [2.24, 2.45) is 5.73 Å². The number of amides is 2. The molecule has 25 heavy (non-hydrogen) atoms. The lowest BCUT2D eigenvalue weighted by Gasteiger charge is -2.20.